The molecule has 0 unspecified atom stereocenters. The number of rotatable bonds is 3. The quantitative estimate of drug-likeness (QED) is 0.123. The summed E-state index contributed by atoms with van der Waals surface area (Å²) in [6, 6.07) is 91.7. The molecule has 1 spiro atoms. The molecule has 0 N–H and O–H groups in total. The van der Waals surface area contributed by atoms with E-state index in [4.69, 9.17) is 0 Å². The summed E-state index contributed by atoms with van der Waals surface area (Å²) in [5, 5.41) is 15.1. The van der Waals surface area contributed by atoms with Crippen LogP contribution in [0.5, 0.6) is 0 Å². The Morgan fingerprint density at radius 3 is 1.31 bits per heavy atom. The molecular weight excluding hydrogens is 805 g/mol. The molecule has 0 atom stereocenters. The van der Waals surface area contributed by atoms with Gasteiger partial charge < -0.3 is 0 Å². The lowest BCUT2D eigenvalue weighted by Gasteiger charge is -2.31. The molecule has 0 aromatic heterocycles. The maximum absolute atomic E-state index is 2.56. The predicted octanol–water partition coefficient (Wildman–Crippen LogP) is 18.0. The first-order valence-electron chi connectivity index (χ1n) is 23.5. The van der Waals surface area contributed by atoms with Crippen molar-refractivity contribution in [2.45, 2.75) is 5.41 Å². The van der Waals surface area contributed by atoms with Crippen LogP contribution in [-0.4, -0.2) is 0 Å². The standard InChI is InChI=1S/C67H40/c1-2-17-43-37-45(30-29-41(43)15-1)66-55-25-8-7-24-54(55)65(57-36-33-46(39-59(57)66)64-49-20-6-4-18-44(49)38-58-48-19-5-3-16-42(48)31-35-56(58)64)47-32-34-53-52-23-11-14-28-62(52)67(63(53)40-47)60-26-12-9-21-50(60)51-22-10-13-27-61(51)67/h1-40H. The zero-order chi connectivity index (χ0) is 43.8. The molecule has 2 aliphatic rings. The van der Waals surface area contributed by atoms with Crippen LogP contribution >= 0.6 is 0 Å². The van der Waals surface area contributed by atoms with Crippen molar-refractivity contribution >= 4 is 64.6 Å². The van der Waals surface area contributed by atoms with E-state index in [1.165, 1.54) is 143 Å². The van der Waals surface area contributed by atoms with Crippen molar-refractivity contribution in [3.63, 3.8) is 0 Å². The Morgan fingerprint density at radius 1 is 0.194 bits per heavy atom. The van der Waals surface area contributed by atoms with Crippen LogP contribution in [0, 0.1) is 0 Å². The Labute approximate surface area is 388 Å². The number of hydrogen-bond donors (Lipinski definition) is 0. The van der Waals surface area contributed by atoms with Crippen molar-refractivity contribution in [3.05, 3.63) is 265 Å². The van der Waals surface area contributed by atoms with Crippen LogP contribution < -0.4 is 0 Å². The maximum Gasteiger partial charge on any atom is 0.0725 e. The summed E-state index contributed by atoms with van der Waals surface area (Å²) in [4.78, 5) is 0. The normalized spacial score (nSPS) is 13.2. The maximum atomic E-state index is 2.56. The van der Waals surface area contributed by atoms with Gasteiger partial charge in [-0.25, -0.2) is 0 Å². The minimum Gasteiger partial charge on any atom is -0.0619 e. The van der Waals surface area contributed by atoms with E-state index in [0.29, 0.717) is 0 Å². The Kier molecular flexibility index (Phi) is 7.52. The van der Waals surface area contributed by atoms with Crippen LogP contribution in [0.2, 0.25) is 0 Å². The van der Waals surface area contributed by atoms with Crippen molar-refractivity contribution in [2.75, 3.05) is 0 Å². The molecule has 0 radical (unpaired) electrons. The second-order valence-corrected chi connectivity index (χ2v) is 18.6. The van der Waals surface area contributed by atoms with E-state index in [-0.39, 0.29) is 0 Å². The van der Waals surface area contributed by atoms with Gasteiger partial charge in [-0.3, -0.25) is 0 Å². The Balaban J connectivity index is 1.06. The molecule has 0 fully saturated rings. The lowest BCUT2D eigenvalue weighted by atomic mass is 9.70. The molecule has 0 heteroatoms. The average molecular weight is 845 g/mol. The van der Waals surface area contributed by atoms with Gasteiger partial charge in [0.05, 0.1) is 5.41 Å². The summed E-state index contributed by atoms with van der Waals surface area (Å²) < 4.78 is 0. The summed E-state index contributed by atoms with van der Waals surface area (Å²) in [5.74, 6) is 0. The fourth-order valence-electron chi connectivity index (χ4n) is 12.7. The van der Waals surface area contributed by atoms with E-state index in [0.717, 1.165) is 0 Å². The largest absolute Gasteiger partial charge is 0.0725 e. The van der Waals surface area contributed by atoms with Crippen LogP contribution in [0.1, 0.15) is 22.3 Å². The topological polar surface area (TPSA) is 0 Å². The molecule has 67 heavy (non-hydrogen) atoms. The molecule has 13 aromatic carbocycles. The van der Waals surface area contributed by atoms with Gasteiger partial charge in [-0.15, -0.1) is 0 Å². The third kappa shape index (κ3) is 4.97. The summed E-state index contributed by atoms with van der Waals surface area (Å²) in [6.45, 7) is 0. The second kappa shape index (κ2) is 13.7. The van der Waals surface area contributed by atoms with Crippen molar-refractivity contribution in [2.24, 2.45) is 0 Å². The summed E-state index contributed by atoms with van der Waals surface area (Å²) in [7, 11) is 0. The number of fused-ring (bicyclic) bond motifs is 17. The second-order valence-electron chi connectivity index (χ2n) is 18.6. The molecule has 0 aliphatic heterocycles. The first-order chi connectivity index (χ1) is 33.2. The molecule has 0 amide bonds. The van der Waals surface area contributed by atoms with Crippen LogP contribution in [0.25, 0.3) is 120 Å². The van der Waals surface area contributed by atoms with E-state index >= 15 is 0 Å². The molecule has 0 saturated carbocycles. The molecular formula is C67H40. The molecule has 15 rings (SSSR count). The molecule has 0 saturated heterocycles. The summed E-state index contributed by atoms with van der Waals surface area (Å²) >= 11 is 0. The predicted molar refractivity (Wildman–Crippen MR) is 284 cm³/mol. The van der Waals surface area contributed by atoms with E-state index in [9.17, 15) is 0 Å². The molecule has 0 nitrogen and oxygen atoms in total. The van der Waals surface area contributed by atoms with Gasteiger partial charge in [-0.2, -0.15) is 0 Å². The Hall–Kier alpha value is -8.58. The first kappa shape index (κ1) is 36.7. The highest BCUT2D eigenvalue weighted by Crippen LogP contribution is 2.63. The fraction of sp³-hybridized carbons (Fsp3) is 0.0149. The van der Waals surface area contributed by atoms with Crippen molar-refractivity contribution in [3.8, 4) is 55.6 Å². The fourth-order valence-corrected chi connectivity index (χ4v) is 12.7. The monoisotopic (exact) mass is 844 g/mol. The van der Waals surface area contributed by atoms with Gasteiger partial charge in [-0.1, -0.05) is 218 Å². The zero-order valence-corrected chi connectivity index (χ0v) is 36.6. The lowest BCUT2D eigenvalue weighted by Crippen LogP contribution is -2.25. The van der Waals surface area contributed by atoms with Crippen LogP contribution in [0.15, 0.2) is 243 Å². The average Bonchev–Trinajstić information content (AvgIpc) is 3.86. The van der Waals surface area contributed by atoms with E-state index in [2.05, 4.69) is 243 Å². The van der Waals surface area contributed by atoms with Crippen molar-refractivity contribution in [1.29, 1.82) is 0 Å². The molecule has 2 aliphatic carbocycles. The van der Waals surface area contributed by atoms with Gasteiger partial charge in [-0.05, 0) is 167 Å². The highest BCUT2D eigenvalue weighted by molar-refractivity contribution is 6.25. The third-order valence-corrected chi connectivity index (χ3v) is 15.4. The molecule has 0 bridgehead atoms. The van der Waals surface area contributed by atoms with Gasteiger partial charge in [0.2, 0.25) is 0 Å². The van der Waals surface area contributed by atoms with Gasteiger partial charge >= 0.3 is 0 Å². The van der Waals surface area contributed by atoms with Crippen molar-refractivity contribution in [1.82, 2.24) is 0 Å². The van der Waals surface area contributed by atoms with Crippen molar-refractivity contribution < 1.29 is 0 Å². The van der Waals surface area contributed by atoms with Crippen LogP contribution in [-0.2, 0) is 5.41 Å². The zero-order valence-electron chi connectivity index (χ0n) is 36.6. The molecule has 308 valence electrons. The van der Waals surface area contributed by atoms with Gasteiger partial charge in [0.15, 0.2) is 0 Å². The molecule has 13 aromatic rings. The van der Waals surface area contributed by atoms with Gasteiger partial charge in [0.25, 0.3) is 0 Å². The number of hydrogen-bond acceptors (Lipinski definition) is 0. The minimum absolute atomic E-state index is 0.432. The third-order valence-electron chi connectivity index (χ3n) is 15.4. The summed E-state index contributed by atoms with van der Waals surface area (Å²) in [6.07, 6.45) is 0. The Bertz CT molecular complexity index is 4220. The highest BCUT2D eigenvalue weighted by atomic mass is 14.5. The van der Waals surface area contributed by atoms with Crippen LogP contribution in [0.4, 0.5) is 0 Å². The summed E-state index contributed by atoms with van der Waals surface area (Å²) in [5.41, 5.74) is 17.8. The van der Waals surface area contributed by atoms with Gasteiger partial charge in [0, 0.05) is 0 Å². The Morgan fingerprint density at radius 2 is 0.612 bits per heavy atom. The minimum atomic E-state index is -0.432. The lowest BCUT2D eigenvalue weighted by molar-refractivity contribution is 0.794. The van der Waals surface area contributed by atoms with E-state index < -0.39 is 5.41 Å². The number of benzene rings is 13. The SMILES string of the molecule is c1ccc2c(c1)-c1ccccc1C21c2ccccc2-c2ccc(-c3c4ccccc4c(-c4ccc5ccccc5c4)c4cc(-c5c6ccccc6cc6c5ccc5ccccc56)ccc34)cc21. The smallest absolute Gasteiger partial charge is 0.0619 e. The van der Waals surface area contributed by atoms with Crippen LogP contribution in [0.3, 0.4) is 0 Å². The van der Waals surface area contributed by atoms with E-state index in [1.54, 1.807) is 0 Å². The van der Waals surface area contributed by atoms with Gasteiger partial charge in [0.1, 0.15) is 0 Å². The van der Waals surface area contributed by atoms with E-state index in [1.807, 2.05) is 0 Å². The molecule has 0 heterocycles. The first-order valence-corrected chi connectivity index (χ1v) is 23.5. The highest BCUT2D eigenvalue weighted by Gasteiger charge is 2.51.